The number of benzene rings is 1. The Hall–Kier alpha value is -2.89. The van der Waals surface area contributed by atoms with E-state index in [1.54, 1.807) is 25.6 Å². The van der Waals surface area contributed by atoms with Gasteiger partial charge in [-0.25, -0.2) is 0 Å². The fourth-order valence-electron chi connectivity index (χ4n) is 5.11. The van der Waals surface area contributed by atoms with Crippen LogP contribution in [0.5, 0.6) is 5.75 Å². The first kappa shape index (κ1) is 19.1. The zero-order valence-electron chi connectivity index (χ0n) is 17.2. The molecule has 30 heavy (non-hydrogen) atoms. The SMILES string of the molecule is COc1ccc([C@H]2CN(C(=O)C3CC3)[C@@H]3CCN(C(=O)c4cccnc4)C[C@H]23)cc1. The lowest BCUT2D eigenvalue weighted by Crippen LogP contribution is -2.50. The van der Waals surface area contributed by atoms with E-state index in [4.69, 9.17) is 4.74 Å². The van der Waals surface area contributed by atoms with Gasteiger partial charge in [-0.2, -0.15) is 0 Å². The standard InChI is InChI=1S/C24H27N3O3/c1-30-19-8-6-16(7-9-19)20-15-27(24(29)17-4-5-17)22-10-12-26(14-21(20)22)23(28)18-3-2-11-25-13-18/h2-3,6-9,11,13,17,20-22H,4-5,10,12,14-15H2,1H3/t20-,21-,22-/m1/s1. The Morgan fingerprint density at radius 1 is 1.07 bits per heavy atom. The molecule has 0 unspecified atom stereocenters. The Labute approximate surface area is 176 Å². The summed E-state index contributed by atoms with van der Waals surface area (Å²) in [5, 5.41) is 0. The van der Waals surface area contributed by atoms with Crippen LogP contribution in [0, 0.1) is 11.8 Å². The number of rotatable bonds is 4. The number of nitrogens with zero attached hydrogens (tertiary/aromatic N) is 3. The van der Waals surface area contributed by atoms with Crippen LogP contribution in [-0.2, 0) is 4.79 Å². The van der Waals surface area contributed by atoms with Gasteiger partial charge in [0.05, 0.1) is 12.7 Å². The van der Waals surface area contributed by atoms with Crippen LogP contribution >= 0.6 is 0 Å². The van der Waals surface area contributed by atoms with Crippen LogP contribution < -0.4 is 4.74 Å². The maximum Gasteiger partial charge on any atom is 0.255 e. The van der Waals surface area contributed by atoms with E-state index in [1.165, 1.54) is 5.56 Å². The Kier molecular flexibility index (Phi) is 4.93. The predicted octanol–water partition coefficient (Wildman–Crippen LogP) is 2.96. The molecule has 156 valence electrons. The summed E-state index contributed by atoms with van der Waals surface area (Å²) in [5.74, 6) is 1.87. The zero-order chi connectivity index (χ0) is 20.7. The van der Waals surface area contributed by atoms with E-state index in [0.717, 1.165) is 31.6 Å². The highest BCUT2D eigenvalue weighted by atomic mass is 16.5. The number of amides is 2. The summed E-state index contributed by atoms with van der Waals surface area (Å²) in [4.78, 5) is 34.2. The molecule has 1 aromatic heterocycles. The van der Waals surface area contributed by atoms with E-state index in [-0.39, 0.29) is 29.7 Å². The molecule has 3 aliphatic rings. The molecule has 0 N–H and O–H groups in total. The fourth-order valence-corrected chi connectivity index (χ4v) is 5.11. The molecule has 3 fully saturated rings. The second kappa shape index (κ2) is 7.74. The Morgan fingerprint density at radius 3 is 2.53 bits per heavy atom. The van der Waals surface area contributed by atoms with Crippen LogP contribution in [0.2, 0.25) is 0 Å². The average Bonchev–Trinajstić information content (AvgIpc) is 3.59. The number of aromatic nitrogens is 1. The number of methoxy groups -OCH3 is 1. The number of pyridine rings is 1. The van der Waals surface area contributed by atoms with Gasteiger partial charge in [0.25, 0.3) is 5.91 Å². The number of fused-ring (bicyclic) bond motifs is 1. The summed E-state index contributed by atoms with van der Waals surface area (Å²) in [7, 11) is 1.67. The number of likely N-dealkylation sites (tertiary alicyclic amines) is 2. The van der Waals surface area contributed by atoms with Gasteiger partial charge in [-0.05, 0) is 49.1 Å². The lowest BCUT2D eigenvalue weighted by molar-refractivity contribution is -0.134. The lowest BCUT2D eigenvalue weighted by Gasteiger charge is -2.39. The Balaban J connectivity index is 1.41. The zero-order valence-corrected chi connectivity index (χ0v) is 17.2. The molecule has 2 aromatic rings. The first-order valence-electron chi connectivity index (χ1n) is 10.8. The first-order chi connectivity index (χ1) is 14.7. The van der Waals surface area contributed by atoms with Crippen molar-refractivity contribution in [2.24, 2.45) is 11.8 Å². The number of hydrogen-bond acceptors (Lipinski definition) is 4. The molecule has 1 aromatic carbocycles. The summed E-state index contributed by atoms with van der Waals surface area (Å²) >= 11 is 0. The van der Waals surface area contributed by atoms with Crippen LogP contribution in [0.15, 0.2) is 48.8 Å². The van der Waals surface area contributed by atoms with Gasteiger partial charge in [0.1, 0.15) is 5.75 Å². The molecular formula is C24H27N3O3. The second-order valence-corrected chi connectivity index (χ2v) is 8.66. The van der Waals surface area contributed by atoms with Crippen molar-refractivity contribution in [3.8, 4) is 5.75 Å². The van der Waals surface area contributed by atoms with Gasteiger partial charge in [0, 0.05) is 55.8 Å². The molecule has 3 atom stereocenters. The van der Waals surface area contributed by atoms with E-state index in [1.807, 2.05) is 23.1 Å². The molecule has 2 saturated heterocycles. The van der Waals surface area contributed by atoms with Crippen molar-refractivity contribution in [3.63, 3.8) is 0 Å². The summed E-state index contributed by atoms with van der Waals surface area (Å²) < 4.78 is 5.31. The molecular weight excluding hydrogens is 378 g/mol. The minimum Gasteiger partial charge on any atom is -0.497 e. The van der Waals surface area contributed by atoms with E-state index < -0.39 is 0 Å². The number of carbonyl (C=O) groups is 2. The van der Waals surface area contributed by atoms with Crippen LogP contribution in [0.1, 0.15) is 41.1 Å². The van der Waals surface area contributed by atoms with Gasteiger partial charge < -0.3 is 14.5 Å². The molecule has 3 heterocycles. The van der Waals surface area contributed by atoms with E-state index in [9.17, 15) is 9.59 Å². The van der Waals surface area contributed by atoms with Crippen molar-refractivity contribution in [3.05, 3.63) is 59.9 Å². The highest BCUT2D eigenvalue weighted by molar-refractivity contribution is 5.94. The van der Waals surface area contributed by atoms with Crippen LogP contribution in [-0.4, -0.2) is 59.4 Å². The monoisotopic (exact) mass is 405 g/mol. The van der Waals surface area contributed by atoms with Crippen LogP contribution in [0.3, 0.4) is 0 Å². The minimum absolute atomic E-state index is 0.0296. The fraction of sp³-hybridized carbons (Fsp3) is 0.458. The minimum atomic E-state index is 0.0296. The topological polar surface area (TPSA) is 62.7 Å². The normalized spacial score (nSPS) is 25.7. The van der Waals surface area contributed by atoms with Crippen LogP contribution in [0.4, 0.5) is 0 Å². The van der Waals surface area contributed by atoms with Crippen molar-refractivity contribution in [2.45, 2.75) is 31.2 Å². The molecule has 6 nitrogen and oxygen atoms in total. The quantitative estimate of drug-likeness (QED) is 0.785. The molecule has 0 bridgehead atoms. The van der Waals surface area contributed by atoms with Gasteiger partial charge in [0.2, 0.25) is 5.91 Å². The molecule has 5 rings (SSSR count). The summed E-state index contributed by atoms with van der Waals surface area (Å²) in [6.07, 6.45) is 6.19. The van der Waals surface area contributed by atoms with Crippen molar-refractivity contribution < 1.29 is 14.3 Å². The third-order valence-corrected chi connectivity index (χ3v) is 6.88. The smallest absolute Gasteiger partial charge is 0.255 e. The van der Waals surface area contributed by atoms with Crippen molar-refractivity contribution in [1.82, 2.24) is 14.8 Å². The molecule has 2 aliphatic heterocycles. The van der Waals surface area contributed by atoms with Crippen molar-refractivity contribution in [2.75, 3.05) is 26.7 Å². The molecule has 1 saturated carbocycles. The summed E-state index contributed by atoms with van der Waals surface area (Å²) in [6.45, 7) is 2.09. The number of carbonyl (C=O) groups excluding carboxylic acids is 2. The lowest BCUT2D eigenvalue weighted by atomic mass is 9.81. The van der Waals surface area contributed by atoms with Gasteiger partial charge in [-0.1, -0.05) is 12.1 Å². The third kappa shape index (κ3) is 3.44. The molecule has 1 aliphatic carbocycles. The summed E-state index contributed by atoms with van der Waals surface area (Å²) in [5.41, 5.74) is 1.84. The largest absolute Gasteiger partial charge is 0.497 e. The predicted molar refractivity (Wildman–Crippen MR) is 112 cm³/mol. The van der Waals surface area contributed by atoms with Crippen LogP contribution in [0.25, 0.3) is 0 Å². The molecule has 6 heteroatoms. The Morgan fingerprint density at radius 2 is 1.87 bits per heavy atom. The van der Waals surface area contributed by atoms with E-state index >= 15 is 0 Å². The molecule has 0 spiro atoms. The second-order valence-electron chi connectivity index (χ2n) is 8.66. The van der Waals surface area contributed by atoms with Gasteiger partial charge in [0.15, 0.2) is 0 Å². The van der Waals surface area contributed by atoms with Crippen molar-refractivity contribution >= 4 is 11.8 Å². The Bertz CT molecular complexity index is 926. The highest BCUT2D eigenvalue weighted by Crippen LogP contribution is 2.44. The van der Waals surface area contributed by atoms with E-state index in [2.05, 4.69) is 22.0 Å². The summed E-state index contributed by atoms with van der Waals surface area (Å²) in [6, 6.07) is 12.0. The maximum absolute atomic E-state index is 13.0. The average molecular weight is 405 g/mol. The number of piperidine rings is 1. The maximum atomic E-state index is 13.0. The van der Waals surface area contributed by atoms with E-state index in [0.29, 0.717) is 24.6 Å². The van der Waals surface area contributed by atoms with Gasteiger partial charge in [-0.15, -0.1) is 0 Å². The highest BCUT2D eigenvalue weighted by Gasteiger charge is 2.49. The molecule has 2 amide bonds. The number of ether oxygens (including phenoxy) is 1. The third-order valence-electron chi connectivity index (χ3n) is 6.88. The van der Waals surface area contributed by atoms with Crippen molar-refractivity contribution in [1.29, 1.82) is 0 Å². The molecule has 0 radical (unpaired) electrons. The number of hydrogen-bond donors (Lipinski definition) is 0. The van der Waals surface area contributed by atoms with Gasteiger partial charge in [-0.3, -0.25) is 14.6 Å². The first-order valence-corrected chi connectivity index (χ1v) is 10.8. The van der Waals surface area contributed by atoms with Gasteiger partial charge >= 0.3 is 0 Å².